The number of benzene rings is 1. The molecule has 1 fully saturated rings. The SMILES string of the molecule is O=C(CSc1nnc(NC(=O)C2CC(=O)N(c3ccc(Cl)cc3)C2)s1)NCc1ccco1. The normalized spacial score (nSPS) is 15.7. The molecule has 0 radical (unpaired) electrons. The molecule has 2 N–H and O–H groups in total. The average Bonchev–Trinajstić information content (AvgIpc) is 3.53. The summed E-state index contributed by atoms with van der Waals surface area (Å²) >= 11 is 8.29. The Morgan fingerprint density at radius 3 is 2.81 bits per heavy atom. The maximum atomic E-state index is 12.6. The Hall–Kier alpha value is -2.89. The minimum atomic E-state index is -0.495. The van der Waals surface area contributed by atoms with Crippen molar-refractivity contribution in [1.29, 1.82) is 0 Å². The lowest BCUT2D eigenvalue weighted by molar-refractivity contribution is -0.122. The number of hydrogen-bond acceptors (Lipinski definition) is 8. The third kappa shape index (κ3) is 5.67. The van der Waals surface area contributed by atoms with Crippen molar-refractivity contribution in [2.24, 2.45) is 5.92 Å². The molecule has 1 saturated heterocycles. The van der Waals surface area contributed by atoms with Crippen LogP contribution in [0.4, 0.5) is 10.8 Å². The highest BCUT2D eigenvalue weighted by molar-refractivity contribution is 8.01. The van der Waals surface area contributed by atoms with E-state index in [9.17, 15) is 14.4 Å². The lowest BCUT2D eigenvalue weighted by atomic mass is 10.1. The summed E-state index contributed by atoms with van der Waals surface area (Å²) in [5.41, 5.74) is 0.703. The van der Waals surface area contributed by atoms with Gasteiger partial charge >= 0.3 is 0 Å². The first-order chi connectivity index (χ1) is 15.5. The minimum Gasteiger partial charge on any atom is -0.467 e. The summed E-state index contributed by atoms with van der Waals surface area (Å²) < 4.78 is 5.72. The quantitative estimate of drug-likeness (QED) is 0.367. The number of amides is 3. The molecule has 0 saturated carbocycles. The summed E-state index contributed by atoms with van der Waals surface area (Å²) in [7, 11) is 0. The summed E-state index contributed by atoms with van der Waals surface area (Å²) in [5.74, 6) is -0.245. The largest absolute Gasteiger partial charge is 0.467 e. The van der Waals surface area contributed by atoms with Crippen molar-refractivity contribution in [2.45, 2.75) is 17.3 Å². The van der Waals surface area contributed by atoms with E-state index in [0.717, 1.165) is 0 Å². The molecule has 2 aromatic heterocycles. The summed E-state index contributed by atoms with van der Waals surface area (Å²) in [6.45, 7) is 0.597. The first-order valence-corrected chi connectivity index (χ1v) is 11.8. The third-order valence-electron chi connectivity index (χ3n) is 4.64. The van der Waals surface area contributed by atoms with Gasteiger partial charge in [0.1, 0.15) is 5.76 Å². The number of anilines is 2. The molecular weight excluding hydrogens is 474 g/mol. The minimum absolute atomic E-state index is 0.116. The van der Waals surface area contributed by atoms with Gasteiger partial charge in [-0.2, -0.15) is 0 Å². The molecule has 0 spiro atoms. The Morgan fingerprint density at radius 2 is 2.06 bits per heavy atom. The number of nitrogens with zero attached hydrogens (tertiary/aromatic N) is 3. The number of carbonyl (C=O) groups excluding carboxylic acids is 3. The maximum absolute atomic E-state index is 12.6. The highest BCUT2D eigenvalue weighted by Crippen LogP contribution is 2.29. The number of hydrogen-bond donors (Lipinski definition) is 2. The van der Waals surface area contributed by atoms with Crippen molar-refractivity contribution in [3.8, 4) is 0 Å². The Labute approximate surface area is 196 Å². The number of aromatic nitrogens is 2. The second-order valence-corrected chi connectivity index (χ2v) is 9.53. The number of carbonyl (C=O) groups is 3. The van der Waals surface area contributed by atoms with Crippen LogP contribution in [0.3, 0.4) is 0 Å². The molecule has 1 aliphatic rings. The van der Waals surface area contributed by atoms with Gasteiger partial charge in [-0.3, -0.25) is 14.4 Å². The van der Waals surface area contributed by atoms with E-state index in [4.69, 9.17) is 16.0 Å². The van der Waals surface area contributed by atoms with Crippen molar-refractivity contribution < 1.29 is 18.8 Å². The standard InChI is InChI=1S/C20H18ClN5O4S2/c21-13-3-5-14(6-4-13)26-10-12(8-17(26)28)18(29)23-19-24-25-20(32-19)31-11-16(27)22-9-15-2-1-7-30-15/h1-7,12H,8-11H2,(H,22,27)(H,23,24,29). The van der Waals surface area contributed by atoms with Gasteiger partial charge in [0.2, 0.25) is 22.9 Å². The molecule has 1 aliphatic heterocycles. The van der Waals surface area contributed by atoms with E-state index in [0.29, 0.717) is 32.5 Å². The van der Waals surface area contributed by atoms with Crippen molar-refractivity contribution in [1.82, 2.24) is 15.5 Å². The summed E-state index contributed by atoms with van der Waals surface area (Å²) in [5, 5.41) is 14.3. The smallest absolute Gasteiger partial charge is 0.231 e. The summed E-state index contributed by atoms with van der Waals surface area (Å²) in [4.78, 5) is 38.5. The average molecular weight is 492 g/mol. The molecule has 32 heavy (non-hydrogen) atoms. The molecule has 1 atom stereocenters. The zero-order valence-corrected chi connectivity index (χ0v) is 19.0. The molecule has 0 bridgehead atoms. The van der Waals surface area contributed by atoms with Crippen LogP contribution in [-0.2, 0) is 20.9 Å². The fourth-order valence-corrected chi connectivity index (χ4v) is 4.77. The van der Waals surface area contributed by atoms with Crippen LogP contribution in [0.15, 0.2) is 51.4 Å². The molecule has 3 amide bonds. The van der Waals surface area contributed by atoms with Gasteiger partial charge in [-0.15, -0.1) is 10.2 Å². The number of nitrogens with one attached hydrogen (secondary N) is 2. The molecular formula is C20H18ClN5O4S2. The van der Waals surface area contributed by atoms with E-state index in [2.05, 4.69) is 20.8 Å². The molecule has 3 heterocycles. The van der Waals surface area contributed by atoms with Crippen LogP contribution in [0, 0.1) is 5.92 Å². The molecule has 3 aromatic rings. The van der Waals surface area contributed by atoms with Crippen LogP contribution >= 0.6 is 34.7 Å². The summed E-state index contributed by atoms with van der Waals surface area (Å²) in [6, 6.07) is 10.4. The molecule has 9 nitrogen and oxygen atoms in total. The third-order valence-corrected chi connectivity index (χ3v) is 6.86. The van der Waals surface area contributed by atoms with E-state index in [-0.39, 0.29) is 36.4 Å². The Kier molecular flexibility index (Phi) is 7.08. The zero-order chi connectivity index (χ0) is 22.5. The van der Waals surface area contributed by atoms with Crippen LogP contribution in [-0.4, -0.2) is 40.2 Å². The van der Waals surface area contributed by atoms with Gasteiger partial charge in [-0.1, -0.05) is 34.7 Å². The highest BCUT2D eigenvalue weighted by atomic mass is 35.5. The molecule has 1 aromatic carbocycles. The van der Waals surface area contributed by atoms with Gasteiger partial charge in [0.15, 0.2) is 4.34 Å². The predicted octanol–water partition coefficient (Wildman–Crippen LogP) is 3.18. The van der Waals surface area contributed by atoms with Gasteiger partial charge in [0.05, 0.1) is 24.5 Å². The van der Waals surface area contributed by atoms with E-state index >= 15 is 0 Å². The Balaban J connectivity index is 1.25. The van der Waals surface area contributed by atoms with Gasteiger partial charge in [0, 0.05) is 23.7 Å². The first kappa shape index (κ1) is 22.3. The van der Waals surface area contributed by atoms with Crippen molar-refractivity contribution in [3.63, 3.8) is 0 Å². The fraction of sp³-hybridized carbons (Fsp3) is 0.250. The zero-order valence-electron chi connectivity index (χ0n) is 16.6. The molecule has 1 unspecified atom stereocenters. The van der Waals surface area contributed by atoms with E-state index in [1.165, 1.54) is 23.1 Å². The van der Waals surface area contributed by atoms with E-state index < -0.39 is 5.92 Å². The topological polar surface area (TPSA) is 117 Å². The lowest BCUT2D eigenvalue weighted by Crippen LogP contribution is -2.28. The van der Waals surface area contributed by atoms with Crippen molar-refractivity contribution in [3.05, 3.63) is 53.4 Å². The maximum Gasteiger partial charge on any atom is 0.231 e. The number of thioether (sulfide) groups is 1. The van der Waals surface area contributed by atoms with Crippen molar-refractivity contribution in [2.75, 3.05) is 22.5 Å². The monoisotopic (exact) mass is 491 g/mol. The molecule has 0 aliphatic carbocycles. The number of rotatable bonds is 8. The second kappa shape index (κ2) is 10.2. The molecule has 4 rings (SSSR count). The Bertz CT molecular complexity index is 1100. The van der Waals surface area contributed by atoms with Gasteiger partial charge in [-0.05, 0) is 36.4 Å². The van der Waals surface area contributed by atoms with Gasteiger partial charge in [-0.25, -0.2) is 0 Å². The van der Waals surface area contributed by atoms with Crippen LogP contribution in [0.25, 0.3) is 0 Å². The fourth-order valence-electron chi connectivity index (χ4n) is 3.06. The number of halogens is 1. The highest BCUT2D eigenvalue weighted by Gasteiger charge is 2.35. The predicted molar refractivity (Wildman–Crippen MR) is 122 cm³/mol. The van der Waals surface area contributed by atoms with Gasteiger partial charge < -0.3 is 20.0 Å². The van der Waals surface area contributed by atoms with Gasteiger partial charge in [0.25, 0.3) is 0 Å². The van der Waals surface area contributed by atoms with E-state index in [1.807, 2.05) is 0 Å². The van der Waals surface area contributed by atoms with Crippen LogP contribution in [0.1, 0.15) is 12.2 Å². The Morgan fingerprint density at radius 1 is 1.25 bits per heavy atom. The number of furan rings is 1. The molecule has 166 valence electrons. The van der Waals surface area contributed by atoms with Crippen molar-refractivity contribution >= 4 is 63.2 Å². The van der Waals surface area contributed by atoms with Crippen LogP contribution in [0.5, 0.6) is 0 Å². The molecule has 12 heteroatoms. The summed E-state index contributed by atoms with van der Waals surface area (Å²) in [6.07, 6.45) is 1.66. The van der Waals surface area contributed by atoms with Crippen LogP contribution in [0.2, 0.25) is 5.02 Å². The second-order valence-electron chi connectivity index (χ2n) is 6.89. The first-order valence-electron chi connectivity index (χ1n) is 9.60. The van der Waals surface area contributed by atoms with E-state index in [1.54, 1.807) is 47.6 Å². The van der Waals surface area contributed by atoms with Crippen LogP contribution < -0.4 is 15.5 Å². The lowest BCUT2D eigenvalue weighted by Gasteiger charge is -2.16.